The third kappa shape index (κ3) is 6.07. The molecule has 3 rings (SSSR count). The Balaban J connectivity index is 0.000000735. The van der Waals surface area contributed by atoms with Gasteiger partial charge in [0.2, 0.25) is 5.91 Å². The summed E-state index contributed by atoms with van der Waals surface area (Å²) in [6, 6.07) is 5.26. The van der Waals surface area contributed by atoms with Gasteiger partial charge in [-0.2, -0.15) is 0 Å². The van der Waals surface area contributed by atoms with Gasteiger partial charge >= 0.3 is 0 Å². The predicted octanol–water partition coefficient (Wildman–Crippen LogP) is 1.06. The Morgan fingerprint density at radius 1 is 1.20 bits per heavy atom. The quantitative estimate of drug-likeness (QED) is 0.642. The van der Waals surface area contributed by atoms with Crippen LogP contribution in [-0.2, 0) is 14.3 Å². The van der Waals surface area contributed by atoms with Crippen LogP contribution in [0.4, 0.5) is 0 Å². The maximum atomic E-state index is 13.2. The predicted molar refractivity (Wildman–Crippen MR) is 110 cm³/mol. The Bertz CT molecular complexity index is 703. The molecule has 2 atom stereocenters. The molecule has 0 unspecified atom stereocenters. The van der Waals surface area contributed by atoms with Gasteiger partial charge in [-0.05, 0) is 43.6 Å². The van der Waals surface area contributed by atoms with Crippen molar-refractivity contribution >= 4 is 11.9 Å². The van der Waals surface area contributed by atoms with E-state index in [0.717, 1.165) is 38.4 Å². The van der Waals surface area contributed by atoms with Crippen LogP contribution < -0.4 is 14.8 Å². The normalized spacial score (nSPS) is 21.9. The van der Waals surface area contributed by atoms with Crippen LogP contribution in [-0.4, -0.2) is 80.2 Å². The van der Waals surface area contributed by atoms with E-state index in [1.807, 2.05) is 23.1 Å². The van der Waals surface area contributed by atoms with Crippen molar-refractivity contribution in [3.63, 3.8) is 0 Å². The van der Waals surface area contributed by atoms with Crippen molar-refractivity contribution in [3.8, 4) is 11.5 Å². The average Bonchev–Trinajstić information content (AvgIpc) is 2.77. The zero-order chi connectivity index (χ0) is 22.1. The van der Waals surface area contributed by atoms with Gasteiger partial charge in [0, 0.05) is 19.4 Å². The molecular weight excluding hydrogens is 392 g/mol. The molecule has 0 aromatic heterocycles. The van der Waals surface area contributed by atoms with Crippen LogP contribution in [0, 0.1) is 5.92 Å². The van der Waals surface area contributed by atoms with Gasteiger partial charge in [-0.3, -0.25) is 9.59 Å². The molecule has 0 saturated carbocycles. The minimum absolute atomic E-state index is 0.0244. The third-order valence-corrected chi connectivity index (χ3v) is 5.25. The fourth-order valence-electron chi connectivity index (χ4n) is 3.87. The highest BCUT2D eigenvalue weighted by atomic mass is 16.5. The van der Waals surface area contributed by atoms with Crippen molar-refractivity contribution in [3.05, 3.63) is 23.8 Å². The highest BCUT2D eigenvalue weighted by Gasteiger charge is 2.39. The van der Waals surface area contributed by atoms with Crippen LogP contribution in [0.25, 0.3) is 0 Å². The summed E-state index contributed by atoms with van der Waals surface area (Å²) < 4.78 is 16.5. The number of amides is 1. The number of carbonyl (C=O) groups excluding carboxylic acids is 1. The van der Waals surface area contributed by atoms with E-state index >= 15 is 0 Å². The van der Waals surface area contributed by atoms with E-state index in [4.69, 9.17) is 24.1 Å². The second-order valence-electron chi connectivity index (χ2n) is 7.23. The maximum absolute atomic E-state index is 13.2. The number of carboxylic acids is 1. The molecule has 1 aromatic rings. The van der Waals surface area contributed by atoms with Crippen LogP contribution >= 0.6 is 0 Å². The first-order valence-corrected chi connectivity index (χ1v) is 10.1. The highest BCUT2D eigenvalue weighted by Crippen LogP contribution is 2.36. The number of methoxy groups -OCH3 is 2. The number of rotatable bonds is 5. The van der Waals surface area contributed by atoms with E-state index in [1.54, 1.807) is 14.2 Å². The molecule has 2 saturated heterocycles. The van der Waals surface area contributed by atoms with Gasteiger partial charge in [0.1, 0.15) is 6.10 Å². The van der Waals surface area contributed by atoms with Crippen LogP contribution in [0.3, 0.4) is 0 Å². The Morgan fingerprint density at radius 3 is 2.40 bits per heavy atom. The van der Waals surface area contributed by atoms with Crippen molar-refractivity contribution in [2.24, 2.45) is 5.92 Å². The number of morpholine rings is 1. The molecule has 0 bridgehead atoms. The fourth-order valence-corrected chi connectivity index (χ4v) is 3.87. The molecule has 9 nitrogen and oxygen atoms in total. The zero-order valence-electron chi connectivity index (χ0n) is 17.8. The summed E-state index contributed by atoms with van der Waals surface area (Å²) in [5.41, 5.74) is 0.878. The summed E-state index contributed by atoms with van der Waals surface area (Å²) >= 11 is 0. The number of carboxylic acid groups (broad SMARTS) is 1. The lowest BCUT2D eigenvalue weighted by molar-refractivity contribution is -0.155. The van der Waals surface area contributed by atoms with Gasteiger partial charge < -0.3 is 34.6 Å². The Kier molecular flexibility index (Phi) is 9.35. The molecule has 1 aromatic carbocycles. The lowest BCUT2D eigenvalue weighted by Gasteiger charge is -2.43. The number of hydrogen-bond acceptors (Lipinski definition) is 7. The second-order valence-corrected chi connectivity index (χ2v) is 7.23. The van der Waals surface area contributed by atoms with Crippen molar-refractivity contribution in [2.45, 2.75) is 31.9 Å². The van der Waals surface area contributed by atoms with Crippen molar-refractivity contribution < 1.29 is 34.0 Å². The summed E-state index contributed by atoms with van der Waals surface area (Å²) in [6.45, 7) is 3.63. The number of piperidine rings is 1. The lowest BCUT2D eigenvalue weighted by atomic mass is 9.92. The SMILES string of the molecule is CC(=O)O.COc1ccc([C@@H]2[C@@H](CO)OCCN2C(=O)C2CCNCC2)cc1OC. The van der Waals surface area contributed by atoms with Gasteiger partial charge in [0.25, 0.3) is 5.97 Å². The van der Waals surface area contributed by atoms with Crippen LogP contribution in [0.1, 0.15) is 31.4 Å². The number of aliphatic hydroxyl groups is 1. The van der Waals surface area contributed by atoms with Crippen molar-refractivity contribution in [1.29, 1.82) is 0 Å². The second kappa shape index (κ2) is 11.7. The topological polar surface area (TPSA) is 118 Å². The number of aliphatic carboxylic acids is 1. The number of carbonyl (C=O) groups is 2. The number of nitrogens with zero attached hydrogens (tertiary/aromatic N) is 1. The monoisotopic (exact) mass is 424 g/mol. The van der Waals surface area contributed by atoms with Gasteiger partial charge in [-0.25, -0.2) is 0 Å². The third-order valence-electron chi connectivity index (χ3n) is 5.25. The summed E-state index contributed by atoms with van der Waals surface area (Å²) in [7, 11) is 3.17. The molecule has 2 aliphatic heterocycles. The summed E-state index contributed by atoms with van der Waals surface area (Å²) in [5.74, 6) is 0.565. The average molecular weight is 424 g/mol. The molecule has 168 valence electrons. The Morgan fingerprint density at radius 2 is 1.83 bits per heavy atom. The van der Waals surface area contributed by atoms with Crippen LogP contribution in [0.2, 0.25) is 0 Å². The molecule has 0 aliphatic carbocycles. The van der Waals surface area contributed by atoms with E-state index in [1.165, 1.54) is 0 Å². The van der Waals surface area contributed by atoms with Gasteiger partial charge in [-0.1, -0.05) is 6.07 Å². The number of aliphatic hydroxyl groups excluding tert-OH is 1. The van der Waals surface area contributed by atoms with E-state index in [2.05, 4.69) is 5.32 Å². The first-order chi connectivity index (χ1) is 14.4. The molecule has 1 amide bonds. The largest absolute Gasteiger partial charge is 0.493 e. The minimum atomic E-state index is -0.833. The van der Waals surface area contributed by atoms with Gasteiger partial charge in [0.15, 0.2) is 11.5 Å². The molecule has 2 aliphatic rings. The number of nitrogens with one attached hydrogen (secondary N) is 1. The number of hydrogen-bond donors (Lipinski definition) is 3. The molecule has 3 N–H and O–H groups in total. The highest BCUT2D eigenvalue weighted by molar-refractivity contribution is 5.79. The standard InChI is InChI=1S/C19H28N2O5.C2H4O2/c1-24-15-4-3-14(11-16(15)25-2)18-17(12-22)26-10-9-21(18)19(23)13-5-7-20-8-6-13;1-2(3)4/h3-4,11,13,17-18,20,22H,5-10,12H2,1-2H3;1H3,(H,3,4)/t17-,18-;/m1./s1. The first-order valence-electron chi connectivity index (χ1n) is 10.1. The maximum Gasteiger partial charge on any atom is 0.300 e. The minimum Gasteiger partial charge on any atom is -0.493 e. The van der Waals surface area contributed by atoms with Crippen molar-refractivity contribution in [2.75, 3.05) is 47.1 Å². The lowest BCUT2D eigenvalue weighted by Crippen LogP contribution is -2.52. The molecule has 0 spiro atoms. The summed E-state index contributed by atoms with van der Waals surface area (Å²) in [4.78, 5) is 24.1. The summed E-state index contributed by atoms with van der Waals surface area (Å²) in [6.07, 6.45) is 1.24. The first kappa shape index (κ1) is 23.9. The van der Waals surface area contributed by atoms with Crippen LogP contribution in [0.5, 0.6) is 11.5 Å². The molecule has 9 heteroatoms. The van der Waals surface area contributed by atoms with Crippen LogP contribution in [0.15, 0.2) is 18.2 Å². The van der Waals surface area contributed by atoms with E-state index in [0.29, 0.717) is 24.7 Å². The van der Waals surface area contributed by atoms with E-state index < -0.39 is 12.1 Å². The molecule has 30 heavy (non-hydrogen) atoms. The van der Waals surface area contributed by atoms with Gasteiger partial charge in [-0.15, -0.1) is 0 Å². The fraction of sp³-hybridized carbons (Fsp3) is 0.619. The number of ether oxygens (including phenoxy) is 3. The molecule has 2 fully saturated rings. The smallest absolute Gasteiger partial charge is 0.300 e. The Hall–Kier alpha value is -2.36. The van der Waals surface area contributed by atoms with E-state index in [-0.39, 0.29) is 24.5 Å². The van der Waals surface area contributed by atoms with Crippen molar-refractivity contribution in [1.82, 2.24) is 10.2 Å². The number of benzene rings is 1. The Labute approximate surface area is 176 Å². The van der Waals surface area contributed by atoms with Gasteiger partial charge in [0.05, 0.1) is 33.5 Å². The molecular formula is C21H32N2O7. The zero-order valence-corrected chi connectivity index (χ0v) is 17.8. The molecule has 2 heterocycles. The summed E-state index contributed by atoms with van der Waals surface area (Å²) in [5, 5.41) is 20.5. The van der Waals surface area contributed by atoms with E-state index in [9.17, 15) is 9.90 Å². The molecule has 0 radical (unpaired) electrons.